The van der Waals surface area contributed by atoms with Crippen molar-refractivity contribution in [1.82, 2.24) is 5.32 Å². The molecule has 3 aromatic carbocycles. The molecule has 0 bridgehead atoms. The number of carbonyl (C=O) groups is 1. The number of hydrogen-bond donors (Lipinski definition) is 2. The van der Waals surface area contributed by atoms with Crippen LogP contribution in [0, 0.1) is 0 Å². The van der Waals surface area contributed by atoms with Crippen LogP contribution >= 0.6 is 0 Å². The fraction of sp³-hybridized carbons (Fsp3) is 0.227. The highest BCUT2D eigenvalue weighted by atomic mass is 32.2. The Labute approximate surface area is 170 Å². The number of amides is 1. The third-order valence-electron chi connectivity index (χ3n) is 4.29. The summed E-state index contributed by atoms with van der Waals surface area (Å²) >= 11 is 0. The zero-order valence-corrected chi connectivity index (χ0v) is 17.0. The molecule has 6 nitrogen and oxygen atoms in total. The number of nitrogens with one attached hydrogen (secondary N) is 2. The van der Waals surface area contributed by atoms with Crippen molar-refractivity contribution in [3.05, 3.63) is 72.3 Å². The lowest BCUT2D eigenvalue weighted by Crippen LogP contribution is -2.29. The molecule has 0 atom stereocenters. The molecule has 2 N–H and O–H groups in total. The molecule has 152 valence electrons. The lowest BCUT2D eigenvalue weighted by atomic mass is 10.1. The van der Waals surface area contributed by atoms with Crippen molar-refractivity contribution < 1.29 is 17.9 Å². The van der Waals surface area contributed by atoms with Crippen LogP contribution < -0.4 is 14.8 Å². The summed E-state index contributed by atoms with van der Waals surface area (Å²) in [4.78, 5) is 12.5. The molecule has 0 saturated carbocycles. The van der Waals surface area contributed by atoms with Gasteiger partial charge in [0.05, 0.1) is 23.5 Å². The highest BCUT2D eigenvalue weighted by Gasteiger charge is 2.15. The van der Waals surface area contributed by atoms with Crippen LogP contribution in [0.1, 0.15) is 23.7 Å². The van der Waals surface area contributed by atoms with Crippen molar-refractivity contribution >= 4 is 32.4 Å². The molecule has 1 amide bonds. The zero-order chi connectivity index (χ0) is 20.7. The summed E-state index contributed by atoms with van der Waals surface area (Å²) in [5, 5.41) is 4.99. The summed E-state index contributed by atoms with van der Waals surface area (Å²) in [6.07, 6.45) is 0.496. The van der Waals surface area contributed by atoms with Crippen molar-refractivity contribution in [2.45, 2.75) is 13.3 Å². The number of hydrogen-bond acceptors (Lipinski definition) is 4. The Morgan fingerprint density at radius 2 is 1.69 bits per heavy atom. The van der Waals surface area contributed by atoms with Crippen LogP contribution in [0.5, 0.6) is 5.75 Å². The van der Waals surface area contributed by atoms with Gasteiger partial charge < -0.3 is 10.1 Å². The quantitative estimate of drug-likeness (QED) is 0.524. The molecule has 29 heavy (non-hydrogen) atoms. The number of benzene rings is 3. The van der Waals surface area contributed by atoms with Crippen molar-refractivity contribution in [2.24, 2.45) is 0 Å². The number of sulfonamides is 1. The minimum absolute atomic E-state index is 0.00253. The van der Waals surface area contributed by atoms with E-state index in [1.807, 2.05) is 42.5 Å². The first-order valence-electron chi connectivity index (χ1n) is 9.48. The Balaban J connectivity index is 1.56. The number of ether oxygens (including phenoxy) is 1. The average molecular weight is 413 g/mol. The highest BCUT2D eigenvalue weighted by Crippen LogP contribution is 2.20. The molecule has 0 radical (unpaired) electrons. The Bertz CT molecular complexity index is 1100. The molecule has 0 saturated heterocycles. The summed E-state index contributed by atoms with van der Waals surface area (Å²) in [7, 11) is -3.47. The number of carbonyl (C=O) groups excluding carboxylic acids is 1. The maximum atomic E-state index is 12.5. The molecule has 3 aromatic rings. The van der Waals surface area contributed by atoms with Crippen LogP contribution in [0.3, 0.4) is 0 Å². The van der Waals surface area contributed by atoms with Crippen molar-refractivity contribution in [3.8, 4) is 5.75 Å². The second kappa shape index (κ2) is 9.43. The van der Waals surface area contributed by atoms with Crippen molar-refractivity contribution in [3.63, 3.8) is 0 Å². The average Bonchev–Trinajstić information content (AvgIpc) is 2.71. The Morgan fingerprint density at radius 1 is 0.966 bits per heavy atom. The Morgan fingerprint density at radius 3 is 2.48 bits per heavy atom. The second-order valence-corrected chi connectivity index (χ2v) is 8.42. The molecule has 0 aliphatic carbocycles. The smallest absolute Gasteiger partial charge is 0.253 e. The first-order valence-corrected chi connectivity index (χ1v) is 11.1. The SMILES string of the molecule is CCCS(=O)(=O)Nc1ccccc1C(=O)NCCOc1ccc2ccccc2c1. The van der Waals surface area contributed by atoms with E-state index in [-0.39, 0.29) is 22.9 Å². The van der Waals surface area contributed by atoms with E-state index >= 15 is 0 Å². The Kier molecular flexibility index (Phi) is 6.72. The largest absolute Gasteiger partial charge is 0.492 e. The maximum Gasteiger partial charge on any atom is 0.253 e. The van der Waals surface area contributed by atoms with Gasteiger partial charge in [0.25, 0.3) is 5.91 Å². The molecule has 0 spiro atoms. The van der Waals surface area contributed by atoms with Gasteiger partial charge in [0.2, 0.25) is 10.0 Å². The predicted molar refractivity (Wildman–Crippen MR) is 116 cm³/mol. The van der Waals surface area contributed by atoms with Gasteiger partial charge >= 0.3 is 0 Å². The summed E-state index contributed by atoms with van der Waals surface area (Å²) in [6, 6.07) is 20.4. The summed E-state index contributed by atoms with van der Waals surface area (Å²) < 4.78 is 32.2. The molecule has 3 rings (SSSR count). The second-order valence-electron chi connectivity index (χ2n) is 6.58. The van der Waals surface area contributed by atoms with Crippen molar-refractivity contribution in [1.29, 1.82) is 0 Å². The third kappa shape index (κ3) is 5.71. The molecule has 0 aliphatic rings. The number of rotatable bonds is 9. The molecule has 0 heterocycles. The topological polar surface area (TPSA) is 84.5 Å². The van der Waals surface area contributed by atoms with Crippen LogP contribution in [-0.2, 0) is 10.0 Å². The summed E-state index contributed by atoms with van der Waals surface area (Å²) in [6.45, 7) is 2.38. The summed E-state index contributed by atoms with van der Waals surface area (Å²) in [5.41, 5.74) is 0.548. The van der Waals surface area contributed by atoms with Crippen LogP contribution in [-0.4, -0.2) is 33.2 Å². The molecule has 7 heteroatoms. The van der Waals surface area contributed by atoms with E-state index in [1.54, 1.807) is 31.2 Å². The van der Waals surface area contributed by atoms with Gasteiger partial charge in [-0.05, 0) is 41.5 Å². The van der Waals surface area contributed by atoms with Gasteiger partial charge in [-0.2, -0.15) is 0 Å². The van der Waals surface area contributed by atoms with E-state index in [2.05, 4.69) is 10.0 Å². The van der Waals surface area contributed by atoms with Crippen LogP contribution in [0.25, 0.3) is 10.8 Å². The Hall–Kier alpha value is -3.06. The van der Waals surface area contributed by atoms with Crippen LogP contribution in [0.2, 0.25) is 0 Å². The van der Waals surface area contributed by atoms with Gasteiger partial charge in [-0.1, -0.05) is 49.4 Å². The maximum absolute atomic E-state index is 12.5. The predicted octanol–water partition coefficient (Wildman–Crippen LogP) is 3.80. The van der Waals surface area contributed by atoms with E-state index < -0.39 is 10.0 Å². The minimum Gasteiger partial charge on any atom is -0.492 e. The van der Waals surface area contributed by atoms with E-state index in [1.165, 1.54) is 0 Å². The van der Waals surface area contributed by atoms with Gasteiger partial charge in [-0.15, -0.1) is 0 Å². The molecular formula is C22H24N2O4S. The first-order chi connectivity index (χ1) is 14.0. The van der Waals surface area contributed by atoms with E-state index in [0.717, 1.165) is 16.5 Å². The van der Waals surface area contributed by atoms with E-state index in [4.69, 9.17) is 4.74 Å². The fourth-order valence-electron chi connectivity index (χ4n) is 2.94. The fourth-order valence-corrected chi connectivity index (χ4v) is 4.10. The zero-order valence-electron chi connectivity index (χ0n) is 16.2. The monoisotopic (exact) mass is 412 g/mol. The highest BCUT2D eigenvalue weighted by molar-refractivity contribution is 7.92. The van der Waals surface area contributed by atoms with Gasteiger partial charge in [-0.3, -0.25) is 9.52 Å². The van der Waals surface area contributed by atoms with Gasteiger partial charge in [0.15, 0.2) is 0 Å². The standard InChI is InChI=1S/C22H24N2O4S/c1-2-15-29(26,27)24-21-10-6-5-9-20(21)22(25)23-13-14-28-19-12-11-17-7-3-4-8-18(17)16-19/h3-12,16,24H,2,13-15H2,1H3,(H,23,25). The number of anilines is 1. The number of para-hydroxylation sites is 1. The van der Waals surface area contributed by atoms with E-state index in [9.17, 15) is 13.2 Å². The molecule has 0 unspecified atom stereocenters. The normalized spacial score (nSPS) is 11.2. The van der Waals surface area contributed by atoms with Crippen LogP contribution in [0.4, 0.5) is 5.69 Å². The van der Waals surface area contributed by atoms with E-state index in [0.29, 0.717) is 19.6 Å². The van der Waals surface area contributed by atoms with Gasteiger partial charge in [0.1, 0.15) is 12.4 Å². The molecule has 0 aromatic heterocycles. The lowest BCUT2D eigenvalue weighted by molar-refractivity contribution is 0.0948. The van der Waals surface area contributed by atoms with Crippen molar-refractivity contribution in [2.75, 3.05) is 23.6 Å². The lowest BCUT2D eigenvalue weighted by Gasteiger charge is -2.13. The van der Waals surface area contributed by atoms with Gasteiger partial charge in [-0.25, -0.2) is 8.42 Å². The first kappa shape index (κ1) is 20.7. The molecular weight excluding hydrogens is 388 g/mol. The third-order valence-corrected chi connectivity index (χ3v) is 5.76. The van der Waals surface area contributed by atoms with Gasteiger partial charge in [0, 0.05) is 0 Å². The summed E-state index contributed by atoms with van der Waals surface area (Å²) in [5.74, 6) is 0.371. The van der Waals surface area contributed by atoms with Crippen LogP contribution in [0.15, 0.2) is 66.7 Å². The molecule has 0 aliphatic heterocycles. The minimum atomic E-state index is -3.47. The number of fused-ring (bicyclic) bond motifs is 1. The molecule has 0 fully saturated rings.